The van der Waals surface area contributed by atoms with Gasteiger partial charge < -0.3 is 20.1 Å². The summed E-state index contributed by atoms with van der Waals surface area (Å²) in [5, 5.41) is 5.58. The summed E-state index contributed by atoms with van der Waals surface area (Å²) in [4.78, 5) is 32.6. The molecule has 0 aliphatic carbocycles. The second-order valence-electron chi connectivity index (χ2n) is 9.14. The number of fused-ring (bicyclic) bond motifs is 1. The summed E-state index contributed by atoms with van der Waals surface area (Å²) in [6, 6.07) is 9.36. The minimum absolute atomic E-state index is 0.215. The molecule has 1 atom stereocenters. The minimum Gasteiger partial charge on any atom is -0.357 e. The first-order valence-corrected chi connectivity index (χ1v) is 10.7. The van der Waals surface area contributed by atoms with Crippen LogP contribution in [0.5, 0.6) is 0 Å². The average Bonchev–Trinajstić information content (AvgIpc) is 2.94. The number of imidazole rings is 1. The number of nitrogens with one attached hydrogen (secondary N) is 2. The summed E-state index contributed by atoms with van der Waals surface area (Å²) < 4.78 is 2.13. The van der Waals surface area contributed by atoms with E-state index in [1.807, 2.05) is 70.3 Å². The summed E-state index contributed by atoms with van der Waals surface area (Å²) in [5.74, 6) is 0.223. The highest BCUT2D eigenvalue weighted by Crippen LogP contribution is 2.23. The predicted octanol–water partition coefficient (Wildman–Crippen LogP) is 2.78. The van der Waals surface area contributed by atoms with Crippen LogP contribution < -0.4 is 10.6 Å². The van der Waals surface area contributed by atoms with Crippen molar-refractivity contribution in [3.05, 3.63) is 53.1 Å². The first-order valence-electron chi connectivity index (χ1n) is 10.7. The van der Waals surface area contributed by atoms with Gasteiger partial charge in [0, 0.05) is 20.1 Å². The van der Waals surface area contributed by atoms with Crippen molar-refractivity contribution >= 4 is 24.0 Å². The van der Waals surface area contributed by atoms with Gasteiger partial charge in [0.15, 0.2) is 5.69 Å². The quantitative estimate of drug-likeness (QED) is 0.775. The molecule has 2 aromatic rings. The molecule has 166 valence electrons. The van der Waals surface area contributed by atoms with Crippen molar-refractivity contribution < 1.29 is 9.59 Å². The number of amides is 2. The van der Waals surface area contributed by atoms with Gasteiger partial charge >= 0.3 is 0 Å². The average molecular weight is 424 g/mol. The maximum absolute atomic E-state index is 13.3. The predicted molar refractivity (Wildman–Crippen MR) is 123 cm³/mol. The fraction of sp³-hybridized carbons (Fsp3) is 0.458. The standard InChI is InChI=1S/C24H33N5O2/c1-24(2,3)21(23(31)25-4)27-22(30)20-18-16-28(5)14-9-15-29(18)19(26-20)13-12-17-10-7-6-8-11-17/h6-8,10-13,21H,9,14-16H2,1-5H3,(H,25,31)(H,27,30)/b13-12+/t21-/m1/s1. The Hall–Kier alpha value is -2.93. The molecule has 2 amide bonds. The van der Waals surface area contributed by atoms with Crippen molar-refractivity contribution in [1.82, 2.24) is 25.1 Å². The highest BCUT2D eigenvalue weighted by atomic mass is 16.2. The van der Waals surface area contributed by atoms with Gasteiger partial charge in [-0.15, -0.1) is 0 Å². The molecule has 31 heavy (non-hydrogen) atoms. The fourth-order valence-electron chi connectivity index (χ4n) is 3.81. The molecule has 0 radical (unpaired) electrons. The van der Waals surface area contributed by atoms with E-state index in [1.165, 1.54) is 0 Å². The van der Waals surface area contributed by atoms with Crippen LogP contribution in [0.1, 0.15) is 54.8 Å². The lowest BCUT2D eigenvalue weighted by Crippen LogP contribution is -2.53. The number of carbonyl (C=O) groups is 2. The molecule has 0 bridgehead atoms. The van der Waals surface area contributed by atoms with Crippen LogP contribution >= 0.6 is 0 Å². The van der Waals surface area contributed by atoms with Crippen molar-refractivity contribution in [3.63, 3.8) is 0 Å². The highest BCUT2D eigenvalue weighted by molar-refractivity contribution is 5.97. The second-order valence-corrected chi connectivity index (χ2v) is 9.14. The van der Waals surface area contributed by atoms with Crippen LogP contribution in [0.25, 0.3) is 12.2 Å². The molecule has 1 aromatic carbocycles. The van der Waals surface area contributed by atoms with E-state index < -0.39 is 11.5 Å². The van der Waals surface area contributed by atoms with Crippen LogP contribution in [0, 0.1) is 5.41 Å². The number of likely N-dealkylation sites (N-methyl/N-ethyl adjacent to an activating group) is 1. The first-order chi connectivity index (χ1) is 14.7. The summed E-state index contributed by atoms with van der Waals surface area (Å²) in [5.41, 5.74) is 1.91. The van der Waals surface area contributed by atoms with E-state index >= 15 is 0 Å². The third kappa shape index (κ3) is 5.41. The monoisotopic (exact) mass is 423 g/mol. The third-order valence-corrected chi connectivity index (χ3v) is 5.53. The van der Waals surface area contributed by atoms with Crippen molar-refractivity contribution in [1.29, 1.82) is 0 Å². The molecular formula is C24H33N5O2. The number of hydrogen-bond acceptors (Lipinski definition) is 4. The van der Waals surface area contributed by atoms with Crippen LogP contribution in [0.3, 0.4) is 0 Å². The molecular weight excluding hydrogens is 390 g/mol. The van der Waals surface area contributed by atoms with Crippen molar-refractivity contribution in [2.24, 2.45) is 5.41 Å². The Morgan fingerprint density at radius 1 is 1.13 bits per heavy atom. The van der Waals surface area contributed by atoms with E-state index in [1.54, 1.807) is 7.05 Å². The van der Waals surface area contributed by atoms with Gasteiger partial charge in [0.1, 0.15) is 11.9 Å². The Balaban J connectivity index is 1.97. The molecule has 1 aliphatic heterocycles. The van der Waals surface area contributed by atoms with Gasteiger partial charge in [-0.1, -0.05) is 57.2 Å². The number of hydrogen-bond donors (Lipinski definition) is 2. The van der Waals surface area contributed by atoms with Gasteiger partial charge in [-0.05, 0) is 37.1 Å². The van der Waals surface area contributed by atoms with E-state index in [4.69, 9.17) is 4.98 Å². The van der Waals surface area contributed by atoms with E-state index in [0.29, 0.717) is 12.2 Å². The topological polar surface area (TPSA) is 79.3 Å². The lowest BCUT2D eigenvalue weighted by Gasteiger charge is -2.29. The van der Waals surface area contributed by atoms with Gasteiger partial charge in [0.05, 0.1) is 5.69 Å². The molecule has 0 saturated carbocycles. The zero-order valence-corrected chi connectivity index (χ0v) is 19.1. The zero-order valence-electron chi connectivity index (χ0n) is 19.1. The number of nitrogens with zero attached hydrogens (tertiary/aromatic N) is 3. The molecule has 1 aliphatic rings. The largest absolute Gasteiger partial charge is 0.357 e. The van der Waals surface area contributed by atoms with Crippen LogP contribution in [0.2, 0.25) is 0 Å². The summed E-state index contributed by atoms with van der Waals surface area (Å²) >= 11 is 0. The second kappa shape index (κ2) is 9.47. The Bertz CT molecular complexity index is 956. The Morgan fingerprint density at radius 2 is 1.84 bits per heavy atom. The zero-order chi connectivity index (χ0) is 22.6. The lowest BCUT2D eigenvalue weighted by atomic mass is 9.86. The molecule has 0 spiro atoms. The fourth-order valence-corrected chi connectivity index (χ4v) is 3.81. The Kier molecular flexibility index (Phi) is 6.95. The molecule has 2 heterocycles. The SMILES string of the molecule is CNC(=O)[C@@H](NC(=O)c1nc(/C=C/c2ccccc2)n2c1CN(C)CCC2)C(C)(C)C. The van der Waals surface area contributed by atoms with Gasteiger partial charge in [0.25, 0.3) is 5.91 Å². The highest BCUT2D eigenvalue weighted by Gasteiger charge is 2.34. The van der Waals surface area contributed by atoms with Gasteiger partial charge in [-0.25, -0.2) is 4.98 Å². The van der Waals surface area contributed by atoms with Crippen LogP contribution in [-0.4, -0.2) is 52.9 Å². The van der Waals surface area contributed by atoms with E-state index in [9.17, 15) is 9.59 Å². The van der Waals surface area contributed by atoms with E-state index in [2.05, 4.69) is 20.1 Å². The molecule has 0 unspecified atom stereocenters. The lowest BCUT2D eigenvalue weighted by molar-refractivity contribution is -0.124. The number of rotatable bonds is 5. The molecule has 1 aromatic heterocycles. The Labute approximate surface area is 184 Å². The molecule has 3 rings (SSSR count). The van der Waals surface area contributed by atoms with E-state index in [0.717, 1.165) is 36.6 Å². The smallest absolute Gasteiger partial charge is 0.272 e. The maximum atomic E-state index is 13.3. The molecule has 7 nitrogen and oxygen atoms in total. The van der Waals surface area contributed by atoms with Gasteiger partial charge in [-0.3, -0.25) is 9.59 Å². The van der Waals surface area contributed by atoms with E-state index in [-0.39, 0.29) is 11.8 Å². The first kappa shape index (κ1) is 22.7. The van der Waals surface area contributed by atoms with Gasteiger partial charge in [-0.2, -0.15) is 0 Å². The minimum atomic E-state index is -0.658. The van der Waals surface area contributed by atoms with Crippen molar-refractivity contribution in [2.45, 2.75) is 46.3 Å². The summed E-state index contributed by atoms with van der Waals surface area (Å²) in [7, 11) is 3.63. The van der Waals surface area contributed by atoms with Crippen LogP contribution in [0.15, 0.2) is 30.3 Å². The Morgan fingerprint density at radius 3 is 2.48 bits per heavy atom. The summed E-state index contributed by atoms with van der Waals surface area (Å²) in [6.07, 6.45) is 4.95. The number of benzene rings is 1. The van der Waals surface area contributed by atoms with Gasteiger partial charge in [0.2, 0.25) is 5.91 Å². The maximum Gasteiger partial charge on any atom is 0.272 e. The van der Waals surface area contributed by atoms with Crippen molar-refractivity contribution in [2.75, 3.05) is 20.6 Å². The molecule has 0 saturated heterocycles. The summed E-state index contributed by atoms with van der Waals surface area (Å²) in [6.45, 7) is 8.18. The van der Waals surface area contributed by atoms with Crippen LogP contribution in [-0.2, 0) is 17.9 Å². The normalized spacial score (nSPS) is 15.9. The molecule has 2 N–H and O–H groups in total. The molecule has 7 heteroatoms. The third-order valence-electron chi connectivity index (χ3n) is 5.53. The van der Waals surface area contributed by atoms with Crippen molar-refractivity contribution in [3.8, 4) is 0 Å². The number of carbonyl (C=O) groups excluding carboxylic acids is 2. The molecule has 0 fully saturated rings. The van der Waals surface area contributed by atoms with Crippen LogP contribution in [0.4, 0.5) is 0 Å². The number of aromatic nitrogens is 2.